The van der Waals surface area contributed by atoms with Crippen LogP contribution in [0.25, 0.3) is 22.8 Å². The quantitative estimate of drug-likeness (QED) is 0.360. The lowest BCUT2D eigenvalue weighted by Crippen LogP contribution is -2.67. The number of aromatic nitrogens is 4. The molecule has 9 nitrogen and oxygen atoms in total. The van der Waals surface area contributed by atoms with Crippen LogP contribution >= 0.6 is 11.6 Å². The Labute approximate surface area is 228 Å². The molecule has 4 rings (SSSR count). The second kappa shape index (κ2) is 11.6. The number of pyridine rings is 1. The molecule has 3 aromatic rings. The highest BCUT2D eigenvalue weighted by atomic mass is 35.5. The van der Waals surface area contributed by atoms with Gasteiger partial charge in [-0.15, -0.1) is 0 Å². The minimum Gasteiger partial charge on any atom is -0.495 e. The molecule has 2 aromatic heterocycles. The first-order valence-electron chi connectivity index (χ1n) is 13.0. The van der Waals surface area contributed by atoms with Crippen LogP contribution in [-0.2, 0) is 16.1 Å². The molecule has 0 radical (unpaired) electrons. The van der Waals surface area contributed by atoms with Crippen molar-refractivity contribution < 1.29 is 14.3 Å². The first-order valence-corrected chi connectivity index (χ1v) is 13.3. The third-order valence-electron chi connectivity index (χ3n) is 7.54. The molecule has 0 saturated heterocycles. The number of methoxy groups -OCH3 is 1. The molecule has 2 N–H and O–H groups in total. The highest BCUT2D eigenvalue weighted by Crippen LogP contribution is 2.35. The molecule has 1 atom stereocenters. The summed E-state index contributed by atoms with van der Waals surface area (Å²) in [5.41, 5.74) is 6.19. The number of rotatable bonds is 11. The van der Waals surface area contributed by atoms with Crippen LogP contribution in [0.2, 0.25) is 5.02 Å². The summed E-state index contributed by atoms with van der Waals surface area (Å²) in [7, 11) is 1.57. The number of halogens is 1. The molecule has 1 aliphatic rings. The fourth-order valence-corrected chi connectivity index (χ4v) is 6.00. The van der Waals surface area contributed by atoms with E-state index in [0.717, 1.165) is 36.8 Å². The van der Waals surface area contributed by atoms with Crippen molar-refractivity contribution in [2.45, 2.75) is 64.6 Å². The van der Waals surface area contributed by atoms with Crippen LogP contribution in [0, 0.1) is 5.92 Å². The molecule has 0 bridgehead atoms. The zero-order valence-electron chi connectivity index (χ0n) is 22.4. The largest absolute Gasteiger partial charge is 0.495 e. The minimum absolute atomic E-state index is 0.0795. The summed E-state index contributed by atoms with van der Waals surface area (Å²) < 4.78 is 7.12. The van der Waals surface area contributed by atoms with Gasteiger partial charge in [-0.25, -0.2) is 9.67 Å². The number of nitrogens with two attached hydrogens (primary N) is 1. The van der Waals surface area contributed by atoms with Crippen LogP contribution in [0.1, 0.15) is 46.5 Å². The van der Waals surface area contributed by atoms with Crippen LogP contribution in [0.3, 0.4) is 0 Å². The topological polar surface area (TPSA) is 116 Å². The van der Waals surface area contributed by atoms with Crippen molar-refractivity contribution in [3.8, 4) is 28.5 Å². The van der Waals surface area contributed by atoms with Gasteiger partial charge >= 0.3 is 0 Å². The average Bonchev–Trinajstić information content (AvgIpc) is 3.57. The Kier molecular flexibility index (Phi) is 8.47. The van der Waals surface area contributed by atoms with E-state index in [2.05, 4.69) is 4.98 Å². The van der Waals surface area contributed by atoms with Crippen LogP contribution in [0.4, 0.5) is 0 Å². The average molecular weight is 539 g/mol. The summed E-state index contributed by atoms with van der Waals surface area (Å²) in [5.74, 6) is 0.590. The van der Waals surface area contributed by atoms with E-state index in [1.807, 2.05) is 41.6 Å². The van der Waals surface area contributed by atoms with Gasteiger partial charge in [-0.1, -0.05) is 38.3 Å². The second-order valence-electron chi connectivity index (χ2n) is 10.0. The molecule has 1 amide bonds. The number of Topliss-reactive ketones (excluding diaryl/α,β-unsaturated/α-hetero) is 1. The number of ether oxygens (including phenoxy) is 1. The zero-order chi connectivity index (χ0) is 27.4. The number of amides is 1. The van der Waals surface area contributed by atoms with Crippen LogP contribution in [-0.4, -0.2) is 61.6 Å². The predicted octanol–water partition coefficient (Wildman–Crippen LogP) is 4.38. The third-order valence-corrected chi connectivity index (χ3v) is 7.83. The fraction of sp³-hybridized carbons (Fsp3) is 0.464. The number of primary amides is 1. The van der Waals surface area contributed by atoms with Gasteiger partial charge in [0.05, 0.1) is 18.7 Å². The lowest BCUT2D eigenvalue weighted by molar-refractivity contribution is -0.148. The SMILES string of the molecule is COc1ccc(-c2nc(-c3ccncc3)nn2CCN(C2CCCC2)[C@](C(C)=O)(C(N)=O)C(C)C)cc1Cl. The van der Waals surface area contributed by atoms with Crippen molar-refractivity contribution in [2.75, 3.05) is 13.7 Å². The predicted molar refractivity (Wildman–Crippen MR) is 147 cm³/mol. The van der Waals surface area contributed by atoms with Crippen molar-refractivity contribution in [3.05, 3.63) is 47.7 Å². The van der Waals surface area contributed by atoms with Crippen LogP contribution in [0.15, 0.2) is 42.7 Å². The molecule has 1 saturated carbocycles. The lowest BCUT2D eigenvalue weighted by atomic mass is 9.79. The molecular weight excluding hydrogens is 504 g/mol. The summed E-state index contributed by atoms with van der Waals surface area (Å²) in [6.07, 6.45) is 7.32. The van der Waals surface area contributed by atoms with Crippen LogP contribution in [0.5, 0.6) is 5.75 Å². The summed E-state index contributed by atoms with van der Waals surface area (Å²) in [4.78, 5) is 37.1. The Morgan fingerprint density at radius 3 is 2.42 bits per heavy atom. The Bertz CT molecular complexity index is 1270. The first kappa shape index (κ1) is 27.7. The second-order valence-corrected chi connectivity index (χ2v) is 10.4. The van der Waals surface area contributed by atoms with E-state index in [-0.39, 0.29) is 17.7 Å². The number of hydrogen-bond acceptors (Lipinski definition) is 7. The summed E-state index contributed by atoms with van der Waals surface area (Å²) in [6, 6.07) is 9.25. The van der Waals surface area contributed by atoms with Crippen molar-refractivity contribution in [3.63, 3.8) is 0 Å². The molecule has 38 heavy (non-hydrogen) atoms. The fourth-order valence-electron chi connectivity index (χ4n) is 5.75. The van der Waals surface area contributed by atoms with Crippen molar-refractivity contribution in [1.29, 1.82) is 0 Å². The molecule has 1 fully saturated rings. The summed E-state index contributed by atoms with van der Waals surface area (Å²) in [6.45, 7) is 6.03. The van der Waals surface area contributed by atoms with E-state index in [1.54, 1.807) is 31.6 Å². The third kappa shape index (κ3) is 5.17. The van der Waals surface area contributed by atoms with Gasteiger partial charge in [0, 0.05) is 36.1 Å². The van der Waals surface area contributed by atoms with E-state index >= 15 is 0 Å². The Hall–Kier alpha value is -3.30. The Morgan fingerprint density at radius 1 is 1.18 bits per heavy atom. The zero-order valence-corrected chi connectivity index (χ0v) is 23.1. The van der Waals surface area contributed by atoms with E-state index < -0.39 is 11.4 Å². The summed E-state index contributed by atoms with van der Waals surface area (Å²) >= 11 is 6.45. The van der Waals surface area contributed by atoms with E-state index in [9.17, 15) is 9.59 Å². The molecule has 202 valence electrons. The maximum atomic E-state index is 13.1. The number of carbonyl (C=O) groups excluding carboxylic acids is 2. The maximum absolute atomic E-state index is 13.1. The van der Waals surface area contributed by atoms with Gasteiger partial charge < -0.3 is 10.5 Å². The van der Waals surface area contributed by atoms with E-state index in [1.165, 1.54) is 6.92 Å². The molecule has 0 unspecified atom stereocenters. The molecule has 0 aliphatic heterocycles. The number of nitrogens with zero attached hydrogens (tertiary/aromatic N) is 5. The monoisotopic (exact) mass is 538 g/mol. The van der Waals surface area contributed by atoms with Gasteiger partial charge in [-0.05, 0) is 56.0 Å². The molecule has 10 heteroatoms. The highest BCUT2D eigenvalue weighted by molar-refractivity contribution is 6.32. The van der Waals surface area contributed by atoms with Gasteiger partial charge in [0.25, 0.3) is 0 Å². The van der Waals surface area contributed by atoms with Gasteiger partial charge in [0.15, 0.2) is 23.0 Å². The minimum atomic E-state index is -1.40. The van der Waals surface area contributed by atoms with Crippen LogP contribution < -0.4 is 10.5 Å². The lowest BCUT2D eigenvalue weighted by Gasteiger charge is -2.46. The van der Waals surface area contributed by atoms with E-state index in [4.69, 9.17) is 32.2 Å². The standard InChI is InChI=1S/C28H35ClN6O3/c1-18(2)28(19(3)36,27(30)37)34(22-7-5-6-8-22)15-16-35-26(21-9-10-24(38-4)23(29)17-21)32-25(33-35)20-11-13-31-14-12-20/h9-14,17-18,22H,5-8,15-16H2,1-4H3,(H2,30,37)/t28-/m1/s1. The van der Waals surface area contributed by atoms with Gasteiger partial charge in [0.2, 0.25) is 5.91 Å². The van der Waals surface area contributed by atoms with Crippen molar-refractivity contribution >= 4 is 23.3 Å². The molecule has 1 aliphatic carbocycles. The van der Waals surface area contributed by atoms with E-state index in [0.29, 0.717) is 35.5 Å². The molecule has 2 heterocycles. The normalized spacial score (nSPS) is 15.7. The smallest absolute Gasteiger partial charge is 0.245 e. The number of benzene rings is 1. The van der Waals surface area contributed by atoms with Gasteiger partial charge in [-0.3, -0.25) is 19.5 Å². The number of hydrogen-bond donors (Lipinski definition) is 1. The Morgan fingerprint density at radius 2 is 1.87 bits per heavy atom. The number of carbonyl (C=O) groups is 2. The number of ketones is 1. The van der Waals surface area contributed by atoms with Crippen molar-refractivity contribution in [2.24, 2.45) is 11.7 Å². The van der Waals surface area contributed by atoms with Crippen molar-refractivity contribution in [1.82, 2.24) is 24.6 Å². The summed E-state index contributed by atoms with van der Waals surface area (Å²) in [5, 5.41) is 5.28. The highest BCUT2D eigenvalue weighted by Gasteiger charge is 2.52. The first-order chi connectivity index (χ1) is 18.2. The molecular formula is C28H35ClN6O3. The maximum Gasteiger partial charge on any atom is 0.245 e. The van der Waals surface area contributed by atoms with Gasteiger partial charge in [0.1, 0.15) is 5.75 Å². The Balaban J connectivity index is 1.77. The van der Waals surface area contributed by atoms with Gasteiger partial charge in [-0.2, -0.15) is 5.10 Å². The molecule has 1 aromatic carbocycles. The molecule has 0 spiro atoms.